The number of aromatic amines is 1. The van der Waals surface area contributed by atoms with Gasteiger partial charge in [-0.15, -0.1) is 0 Å². The van der Waals surface area contributed by atoms with Gasteiger partial charge in [-0.25, -0.2) is 15.0 Å². The number of ether oxygens (including phenoxy) is 1. The normalized spacial score (nSPS) is 10.1. The molecule has 0 spiro atoms. The van der Waals surface area contributed by atoms with E-state index in [2.05, 4.69) is 25.3 Å². The largest absolute Gasteiger partial charge is 0.490 e. The van der Waals surface area contributed by atoms with E-state index in [1.54, 1.807) is 12.5 Å². The number of hydrogen-bond acceptors (Lipinski definition) is 5. The molecule has 7 heteroatoms. The third-order valence-corrected chi connectivity index (χ3v) is 2.23. The van der Waals surface area contributed by atoms with E-state index >= 15 is 0 Å². The summed E-state index contributed by atoms with van der Waals surface area (Å²) in [5, 5.41) is 3.36. The van der Waals surface area contributed by atoms with Crippen LogP contribution in [0.5, 0.6) is 5.75 Å². The monoisotopic (exact) mass is 239 g/mol. The zero-order valence-electron chi connectivity index (χ0n) is 8.57. The summed E-state index contributed by atoms with van der Waals surface area (Å²) < 4.78 is 5.10. The molecule has 0 saturated carbocycles. The lowest BCUT2D eigenvalue weighted by Gasteiger charge is -2.09. The standard InChI is InChI=1S/C9H10ClN5O/c1-16-7-8(10)14-5-15-9(7)12-3-6-2-11-4-13-6/h2,4-5H,3H2,1H3,(H,11,13)(H,12,14,15). The number of methoxy groups -OCH3 is 1. The first-order chi connectivity index (χ1) is 7.81. The summed E-state index contributed by atoms with van der Waals surface area (Å²) in [6, 6.07) is 0. The van der Waals surface area contributed by atoms with Crippen LogP contribution in [0.4, 0.5) is 5.82 Å². The molecule has 0 amide bonds. The molecule has 0 fully saturated rings. The van der Waals surface area contributed by atoms with Gasteiger partial charge in [-0.1, -0.05) is 11.6 Å². The molecule has 0 aliphatic heterocycles. The van der Waals surface area contributed by atoms with Crippen LogP contribution in [0.1, 0.15) is 5.69 Å². The van der Waals surface area contributed by atoms with Crippen molar-refractivity contribution < 1.29 is 4.74 Å². The van der Waals surface area contributed by atoms with E-state index in [9.17, 15) is 0 Å². The average Bonchev–Trinajstić information content (AvgIpc) is 2.79. The maximum Gasteiger partial charge on any atom is 0.198 e. The van der Waals surface area contributed by atoms with Gasteiger partial charge >= 0.3 is 0 Å². The van der Waals surface area contributed by atoms with Gasteiger partial charge in [-0.3, -0.25) is 0 Å². The van der Waals surface area contributed by atoms with Crippen molar-refractivity contribution in [2.24, 2.45) is 0 Å². The van der Waals surface area contributed by atoms with Crippen LogP contribution in [0.15, 0.2) is 18.9 Å². The zero-order chi connectivity index (χ0) is 11.4. The van der Waals surface area contributed by atoms with Gasteiger partial charge in [0.05, 0.1) is 25.7 Å². The van der Waals surface area contributed by atoms with Gasteiger partial charge < -0.3 is 15.0 Å². The maximum absolute atomic E-state index is 5.85. The van der Waals surface area contributed by atoms with E-state index in [1.165, 1.54) is 13.4 Å². The second kappa shape index (κ2) is 4.80. The molecule has 2 heterocycles. The Morgan fingerprint density at radius 3 is 3.06 bits per heavy atom. The lowest BCUT2D eigenvalue weighted by Crippen LogP contribution is -2.04. The molecule has 0 radical (unpaired) electrons. The first kappa shape index (κ1) is 10.7. The molecule has 6 nitrogen and oxygen atoms in total. The number of nitrogens with zero attached hydrogens (tertiary/aromatic N) is 3. The Morgan fingerprint density at radius 1 is 1.50 bits per heavy atom. The van der Waals surface area contributed by atoms with Gasteiger partial charge in [-0.05, 0) is 0 Å². The summed E-state index contributed by atoms with van der Waals surface area (Å²) >= 11 is 5.85. The maximum atomic E-state index is 5.85. The number of anilines is 1. The summed E-state index contributed by atoms with van der Waals surface area (Å²) in [6.07, 6.45) is 4.71. The van der Waals surface area contributed by atoms with Crippen molar-refractivity contribution in [3.8, 4) is 5.75 Å². The van der Waals surface area contributed by atoms with Crippen LogP contribution in [-0.4, -0.2) is 27.0 Å². The number of imidazole rings is 1. The highest BCUT2D eigenvalue weighted by molar-refractivity contribution is 6.31. The van der Waals surface area contributed by atoms with E-state index in [1.807, 2.05) is 0 Å². The fourth-order valence-electron chi connectivity index (χ4n) is 1.22. The number of halogens is 1. The number of hydrogen-bond donors (Lipinski definition) is 2. The van der Waals surface area contributed by atoms with Crippen LogP contribution >= 0.6 is 11.6 Å². The first-order valence-electron chi connectivity index (χ1n) is 4.57. The van der Waals surface area contributed by atoms with Crippen molar-refractivity contribution in [2.75, 3.05) is 12.4 Å². The molecule has 2 aromatic heterocycles. The SMILES string of the molecule is COc1c(Cl)ncnc1NCc1cnc[nH]1. The van der Waals surface area contributed by atoms with Crippen molar-refractivity contribution >= 4 is 17.4 Å². The molecule has 2 N–H and O–H groups in total. The molecule has 0 unspecified atom stereocenters. The predicted octanol–water partition coefficient (Wildman–Crippen LogP) is 1.47. The van der Waals surface area contributed by atoms with Crippen LogP contribution in [0, 0.1) is 0 Å². The zero-order valence-corrected chi connectivity index (χ0v) is 9.32. The highest BCUT2D eigenvalue weighted by Crippen LogP contribution is 2.28. The molecular formula is C9H10ClN5O. The third-order valence-electron chi connectivity index (χ3n) is 1.97. The van der Waals surface area contributed by atoms with Crippen molar-refractivity contribution in [1.82, 2.24) is 19.9 Å². The molecule has 0 aromatic carbocycles. The summed E-state index contributed by atoms with van der Waals surface area (Å²) in [5.41, 5.74) is 0.941. The van der Waals surface area contributed by atoms with E-state index in [4.69, 9.17) is 16.3 Å². The Labute approximate surface area is 97.1 Å². The third kappa shape index (κ3) is 2.22. The number of aromatic nitrogens is 4. The van der Waals surface area contributed by atoms with Gasteiger partial charge in [0.25, 0.3) is 0 Å². The van der Waals surface area contributed by atoms with Crippen LogP contribution in [-0.2, 0) is 6.54 Å². The second-order valence-corrected chi connectivity index (χ2v) is 3.33. The molecule has 16 heavy (non-hydrogen) atoms. The van der Waals surface area contributed by atoms with Crippen LogP contribution < -0.4 is 10.1 Å². The molecule has 2 aromatic rings. The molecule has 0 aliphatic rings. The van der Waals surface area contributed by atoms with Gasteiger partial charge in [0.1, 0.15) is 6.33 Å². The van der Waals surface area contributed by atoms with Gasteiger partial charge in [0, 0.05) is 6.20 Å². The van der Waals surface area contributed by atoms with Crippen molar-refractivity contribution in [3.63, 3.8) is 0 Å². The van der Waals surface area contributed by atoms with E-state index in [0.29, 0.717) is 18.1 Å². The molecule has 0 saturated heterocycles. The molecular weight excluding hydrogens is 230 g/mol. The number of H-pyrrole nitrogens is 1. The minimum Gasteiger partial charge on any atom is -0.490 e. The fourth-order valence-corrected chi connectivity index (χ4v) is 1.43. The summed E-state index contributed by atoms with van der Waals surface area (Å²) in [6.45, 7) is 0.559. The Morgan fingerprint density at radius 2 is 2.38 bits per heavy atom. The van der Waals surface area contributed by atoms with Gasteiger partial charge in [0.2, 0.25) is 0 Å². The summed E-state index contributed by atoms with van der Waals surface area (Å²) in [7, 11) is 1.52. The molecule has 84 valence electrons. The minimum atomic E-state index is 0.282. The predicted molar refractivity (Wildman–Crippen MR) is 59.5 cm³/mol. The van der Waals surface area contributed by atoms with Crippen LogP contribution in [0.25, 0.3) is 0 Å². The van der Waals surface area contributed by atoms with Crippen LogP contribution in [0.2, 0.25) is 5.15 Å². The molecule has 0 atom stereocenters. The number of nitrogens with one attached hydrogen (secondary N) is 2. The fraction of sp³-hybridized carbons (Fsp3) is 0.222. The molecule has 0 aliphatic carbocycles. The smallest absolute Gasteiger partial charge is 0.198 e. The van der Waals surface area contributed by atoms with Crippen molar-refractivity contribution in [3.05, 3.63) is 29.7 Å². The highest BCUT2D eigenvalue weighted by Gasteiger charge is 2.09. The Hall–Kier alpha value is -1.82. The lowest BCUT2D eigenvalue weighted by molar-refractivity contribution is 0.413. The van der Waals surface area contributed by atoms with Gasteiger partial charge in [0.15, 0.2) is 16.7 Å². The summed E-state index contributed by atoms with van der Waals surface area (Å²) in [5.74, 6) is 0.987. The quantitative estimate of drug-likeness (QED) is 0.791. The Balaban J connectivity index is 2.12. The molecule has 2 rings (SSSR count). The van der Waals surface area contributed by atoms with Gasteiger partial charge in [-0.2, -0.15) is 0 Å². The lowest BCUT2D eigenvalue weighted by atomic mass is 10.4. The second-order valence-electron chi connectivity index (χ2n) is 2.98. The number of rotatable bonds is 4. The van der Waals surface area contributed by atoms with Crippen molar-refractivity contribution in [2.45, 2.75) is 6.54 Å². The Kier molecular flexibility index (Phi) is 3.21. The topological polar surface area (TPSA) is 75.7 Å². The first-order valence-corrected chi connectivity index (χ1v) is 4.94. The van der Waals surface area contributed by atoms with Crippen molar-refractivity contribution in [1.29, 1.82) is 0 Å². The minimum absolute atomic E-state index is 0.282. The summed E-state index contributed by atoms with van der Waals surface area (Å²) in [4.78, 5) is 14.7. The van der Waals surface area contributed by atoms with E-state index < -0.39 is 0 Å². The highest BCUT2D eigenvalue weighted by atomic mass is 35.5. The van der Waals surface area contributed by atoms with Crippen LogP contribution in [0.3, 0.4) is 0 Å². The molecule has 0 bridgehead atoms. The average molecular weight is 240 g/mol. The van der Waals surface area contributed by atoms with E-state index in [0.717, 1.165) is 5.69 Å². The Bertz CT molecular complexity index is 459. The van der Waals surface area contributed by atoms with E-state index in [-0.39, 0.29) is 5.15 Å².